The molecule has 2 fully saturated rings. The van der Waals surface area contributed by atoms with E-state index in [4.69, 9.17) is 0 Å². The number of carbonyl (C=O) groups is 3. The number of anilines is 2. The van der Waals surface area contributed by atoms with Crippen LogP contribution in [0.1, 0.15) is 19.3 Å². The minimum absolute atomic E-state index is 0.0454. The van der Waals surface area contributed by atoms with Crippen molar-refractivity contribution in [1.82, 2.24) is 10.2 Å². The molecular formula is C19H24N4O3. The van der Waals surface area contributed by atoms with Crippen molar-refractivity contribution in [3.63, 3.8) is 0 Å². The first kappa shape index (κ1) is 18.0. The van der Waals surface area contributed by atoms with Gasteiger partial charge in [-0.3, -0.25) is 14.5 Å². The van der Waals surface area contributed by atoms with Gasteiger partial charge in [-0.2, -0.15) is 0 Å². The summed E-state index contributed by atoms with van der Waals surface area (Å²) in [6, 6.07) is 7.22. The molecule has 138 valence electrons. The number of urea groups is 1. The van der Waals surface area contributed by atoms with Gasteiger partial charge in [-0.1, -0.05) is 12.6 Å². The molecule has 0 aromatic heterocycles. The Labute approximate surface area is 153 Å². The lowest BCUT2D eigenvalue weighted by molar-refractivity contribution is -0.130. The summed E-state index contributed by atoms with van der Waals surface area (Å²) < 4.78 is 0. The number of benzene rings is 1. The number of hydrogen-bond donors (Lipinski definition) is 2. The fraction of sp³-hybridized carbons (Fsp3) is 0.421. The lowest BCUT2D eigenvalue weighted by atomic mass is 9.95. The molecule has 26 heavy (non-hydrogen) atoms. The summed E-state index contributed by atoms with van der Waals surface area (Å²) >= 11 is 0. The Morgan fingerprint density at radius 2 is 2.00 bits per heavy atom. The highest BCUT2D eigenvalue weighted by atomic mass is 16.2. The highest BCUT2D eigenvalue weighted by Gasteiger charge is 2.26. The van der Waals surface area contributed by atoms with Crippen LogP contribution in [0.25, 0.3) is 0 Å². The molecule has 0 atom stereocenters. The molecule has 0 radical (unpaired) electrons. The summed E-state index contributed by atoms with van der Waals surface area (Å²) in [6.45, 7) is 5.99. The van der Waals surface area contributed by atoms with Crippen molar-refractivity contribution < 1.29 is 14.4 Å². The molecule has 0 spiro atoms. The maximum absolute atomic E-state index is 12.5. The zero-order chi connectivity index (χ0) is 18.5. The summed E-state index contributed by atoms with van der Waals surface area (Å²) in [5.74, 6) is -0.252. The molecule has 0 aliphatic carbocycles. The Morgan fingerprint density at radius 1 is 1.23 bits per heavy atom. The summed E-state index contributed by atoms with van der Waals surface area (Å²) in [5.41, 5.74) is 1.45. The van der Waals surface area contributed by atoms with Crippen LogP contribution in [0.3, 0.4) is 0 Å². The third-order valence-corrected chi connectivity index (χ3v) is 4.86. The van der Waals surface area contributed by atoms with E-state index in [1.165, 1.54) is 6.08 Å². The first-order chi connectivity index (χ1) is 12.6. The van der Waals surface area contributed by atoms with E-state index in [2.05, 4.69) is 17.2 Å². The van der Waals surface area contributed by atoms with Crippen LogP contribution in [0.4, 0.5) is 16.2 Å². The van der Waals surface area contributed by atoms with E-state index < -0.39 is 0 Å². The van der Waals surface area contributed by atoms with Crippen molar-refractivity contribution in [2.75, 3.05) is 36.4 Å². The largest absolute Gasteiger partial charge is 0.339 e. The molecule has 2 aliphatic rings. The zero-order valence-corrected chi connectivity index (χ0v) is 14.7. The predicted octanol–water partition coefficient (Wildman–Crippen LogP) is 1.97. The van der Waals surface area contributed by atoms with Gasteiger partial charge < -0.3 is 15.5 Å². The standard InChI is InChI=1S/C19H24N4O3/c1-2-17(24)22-11-7-14(8-12-22)18(25)21-15-5-3-6-16(13-15)23-10-4-9-20-19(23)26/h2-3,5-6,13-14H,1,4,7-12H2,(H,20,26)(H,21,25). The molecule has 0 unspecified atom stereocenters. The lowest BCUT2D eigenvalue weighted by Crippen LogP contribution is -2.46. The molecule has 7 heteroatoms. The van der Waals surface area contributed by atoms with Gasteiger partial charge in [-0.15, -0.1) is 0 Å². The van der Waals surface area contributed by atoms with Crippen LogP contribution in [0.2, 0.25) is 0 Å². The second-order valence-corrected chi connectivity index (χ2v) is 6.58. The molecule has 2 N–H and O–H groups in total. The number of nitrogens with one attached hydrogen (secondary N) is 2. The van der Waals surface area contributed by atoms with Crippen molar-refractivity contribution in [1.29, 1.82) is 0 Å². The fourth-order valence-electron chi connectivity index (χ4n) is 3.36. The van der Waals surface area contributed by atoms with Gasteiger partial charge in [-0.25, -0.2) is 4.79 Å². The Morgan fingerprint density at radius 3 is 2.69 bits per heavy atom. The van der Waals surface area contributed by atoms with Crippen molar-refractivity contribution in [2.45, 2.75) is 19.3 Å². The molecule has 2 heterocycles. The maximum Gasteiger partial charge on any atom is 0.321 e. The van der Waals surface area contributed by atoms with Gasteiger partial charge in [0.25, 0.3) is 0 Å². The van der Waals surface area contributed by atoms with E-state index in [-0.39, 0.29) is 23.8 Å². The van der Waals surface area contributed by atoms with Crippen LogP contribution in [0, 0.1) is 5.92 Å². The van der Waals surface area contributed by atoms with Gasteiger partial charge in [0.15, 0.2) is 0 Å². The van der Waals surface area contributed by atoms with Gasteiger partial charge >= 0.3 is 6.03 Å². The van der Waals surface area contributed by atoms with Gasteiger partial charge in [-0.05, 0) is 43.5 Å². The van der Waals surface area contributed by atoms with E-state index in [1.54, 1.807) is 9.80 Å². The summed E-state index contributed by atoms with van der Waals surface area (Å²) in [5, 5.41) is 5.76. The number of amides is 4. The smallest absolute Gasteiger partial charge is 0.321 e. The topological polar surface area (TPSA) is 81.8 Å². The van der Waals surface area contributed by atoms with Crippen molar-refractivity contribution in [3.8, 4) is 0 Å². The van der Waals surface area contributed by atoms with Crippen LogP contribution in [0.5, 0.6) is 0 Å². The number of rotatable bonds is 4. The number of nitrogens with zero attached hydrogens (tertiary/aromatic N) is 2. The van der Waals surface area contributed by atoms with E-state index in [0.717, 1.165) is 12.1 Å². The summed E-state index contributed by atoms with van der Waals surface area (Å²) in [7, 11) is 0. The van der Waals surface area contributed by atoms with Crippen LogP contribution >= 0.6 is 0 Å². The van der Waals surface area contributed by atoms with Crippen LogP contribution < -0.4 is 15.5 Å². The third kappa shape index (κ3) is 4.04. The van der Waals surface area contributed by atoms with E-state index in [1.807, 2.05) is 24.3 Å². The van der Waals surface area contributed by atoms with Gasteiger partial charge in [0.05, 0.1) is 0 Å². The van der Waals surface area contributed by atoms with Crippen molar-refractivity contribution >= 4 is 29.2 Å². The van der Waals surface area contributed by atoms with Crippen molar-refractivity contribution in [2.24, 2.45) is 5.92 Å². The Bertz CT molecular complexity index is 710. The molecule has 0 saturated carbocycles. The molecule has 2 aliphatic heterocycles. The normalized spacial score (nSPS) is 18.2. The number of carbonyl (C=O) groups excluding carboxylic acids is 3. The summed E-state index contributed by atoms with van der Waals surface area (Å²) in [4.78, 5) is 39.5. The van der Waals surface area contributed by atoms with E-state index in [9.17, 15) is 14.4 Å². The Balaban J connectivity index is 1.60. The fourth-order valence-corrected chi connectivity index (χ4v) is 3.36. The van der Waals surface area contributed by atoms with Crippen molar-refractivity contribution in [3.05, 3.63) is 36.9 Å². The number of piperidine rings is 1. The lowest BCUT2D eigenvalue weighted by Gasteiger charge is -2.30. The average molecular weight is 356 g/mol. The van der Waals surface area contributed by atoms with Crippen LogP contribution in [-0.4, -0.2) is 48.9 Å². The Hall–Kier alpha value is -2.83. The van der Waals surface area contributed by atoms with Gasteiger partial charge in [0, 0.05) is 43.5 Å². The van der Waals surface area contributed by atoms with Crippen LogP contribution in [-0.2, 0) is 9.59 Å². The van der Waals surface area contributed by atoms with E-state index >= 15 is 0 Å². The molecule has 2 saturated heterocycles. The monoisotopic (exact) mass is 356 g/mol. The highest BCUT2D eigenvalue weighted by molar-refractivity contribution is 5.96. The third-order valence-electron chi connectivity index (χ3n) is 4.86. The molecule has 1 aromatic carbocycles. The van der Waals surface area contributed by atoms with Crippen LogP contribution in [0.15, 0.2) is 36.9 Å². The van der Waals surface area contributed by atoms with Gasteiger partial charge in [0.2, 0.25) is 11.8 Å². The molecule has 1 aromatic rings. The quantitative estimate of drug-likeness (QED) is 0.809. The first-order valence-electron chi connectivity index (χ1n) is 8.96. The second kappa shape index (κ2) is 8.03. The minimum Gasteiger partial charge on any atom is -0.339 e. The Kier molecular flexibility index (Phi) is 5.55. The maximum atomic E-state index is 12.5. The summed E-state index contributed by atoms with van der Waals surface area (Å²) in [6.07, 6.45) is 3.48. The molecule has 3 rings (SSSR count). The van der Waals surface area contributed by atoms with E-state index in [0.29, 0.717) is 44.7 Å². The molecular weight excluding hydrogens is 332 g/mol. The number of likely N-dealkylation sites (tertiary alicyclic amines) is 1. The molecule has 0 bridgehead atoms. The van der Waals surface area contributed by atoms with Gasteiger partial charge in [0.1, 0.15) is 0 Å². The number of hydrogen-bond acceptors (Lipinski definition) is 3. The molecule has 7 nitrogen and oxygen atoms in total. The minimum atomic E-state index is -0.120. The highest BCUT2D eigenvalue weighted by Crippen LogP contribution is 2.23. The SMILES string of the molecule is C=CC(=O)N1CCC(C(=O)Nc2cccc(N3CCCNC3=O)c2)CC1. The predicted molar refractivity (Wildman–Crippen MR) is 99.9 cm³/mol. The zero-order valence-electron chi connectivity index (χ0n) is 14.7. The molecule has 4 amide bonds. The second-order valence-electron chi connectivity index (χ2n) is 6.58. The average Bonchev–Trinajstić information content (AvgIpc) is 2.68. The first-order valence-corrected chi connectivity index (χ1v) is 8.96.